The van der Waals surface area contributed by atoms with Gasteiger partial charge in [0.05, 0.1) is 17.0 Å². The third-order valence-corrected chi connectivity index (χ3v) is 6.69. The molecule has 3 atom stereocenters. The molecule has 0 aromatic heterocycles. The Morgan fingerprint density at radius 1 is 1.19 bits per heavy atom. The summed E-state index contributed by atoms with van der Waals surface area (Å²) < 4.78 is 27.1. The van der Waals surface area contributed by atoms with Gasteiger partial charge in [-0.05, 0) is 48.9 Å². The summed E-state index contributed by atoms with van der Waals surface area (Å²) in [6.45, 7) is 2.24. The maximum Gasteiger partial charge on any atom is 0.243 e. The molecule has 21 heavy (non-hydrogen) atoms. The van der Waals surface area contributed by atoms with Gasteiger partial charge in [-0.1, -0.05) is 13.3 Å². The summed E-state index contributed by atoms with van der Waals surface area (Å²) >= 11 is 0. The second-order valence-corrected chi connectivity index (χ2v) is 8.11. The first-order valence-electron chi connectivity index (χ1n) is 7.40. The van der Waals surface area contributed by atoms with Crippen molar-refractivity contribution in [2.45, 2.75) is 43.2 Å². The maximum absolute atomic E-state index is 12.8. The van der Waals surface area contributed by atoms with Gasteiger partial charge in [-0.15, -0.1) is 0 Å². The van der Waals surface area contributed by atoms with E-state index in [-0.39, 0.29) is 28.5 Å². The number of rotatable bonds is 3. The molecule has 1 unspecified atom stereocenters. The van der Waals surface area contributed by atoms with Crippen LogP contribution in [0.5, 0.6) is 5.75 Å². The lowest BCUT2D eigenvalue weighted by Crippen LogP contribution is -2.46. The number of sulfonamides is 1. The minimum atomic E-state index is -3.63. The van der Waals surface area contributed by atoms with Gasteiger partial charge in [-0.25, -0.2) is 8.42 Å². The Hall–Kier alpha value is -1.11. The van der Waals surface area contributed by atoms with Crippen molar-refractivity contribution in [3.8, 4) is 5.75 Å². The third-order valence-electron chi connectivity index (χ3n) is 4.81. The Kier molecular flexibility index (Phi) is 3.71. The summed E-state index contributed by atoms with van der Waals surface area (Å²) in [5.41, 5.74) is 0. The zero-order valence-electron chi connectivity index (χ0n) is 12.0. The second-order valence-electron chi connectivity index (χ2n) is 6.22. The fourth-order valence-corrected chi connectivity index (χ4v) is 5.13. The Labute approximate surface area is 125 Å². The van der Waals surface area contributed by atoms with Crippen molar-refractivity contribution in [3.05, 3.63) is 24.3 Å². The van der Waals surface area contributed by atoms with Crippen LogP contribution in [0, 0.1) is 11.8 Å². The van der Waals surface area contributed by atoms with Crippen LogP contribution in [0.25, 0.3) is 0 Å². The molecular weight excluding hydrogens is 290 g/mol. The van der Waals surface area contributed by atoms with Crippen molar-refractivity contribution in [1.82, 2.24) is 4.31 Å². The van der Waals surface area contributed by atoms with E-state index in [1.54, 1.807) is 0 Å². The summed E-state index contributed by atoms with van der Waals surface area (Å²) in [5.74, 6) is 0.249. The quantitative estimate of drug-likeness (QED) is 0.888. The zero-order valence-corrected chi connectivity index (χ0v) is 12.8. The van der Waals surface area contributed by atoms with Crippen LogP contribution in [0.4, 0.5) is 0 Å². The van der Waals surface area contributed by atoms with Gasteiger partial charge in [0, 0.05) is 6.54 Å². The van der Waals surface area contributed by atoms with Crippen LogP contribution in [-0.2, 0) is 10.0 Å². The maximum atomic E-state index is 12.8. The lowest BCUT2D eigenvalue weighted by Gasteiger charge is -2.37. The van der Waals surface area contributed by atoms with Crippen LogP contribution in [-0.4, -0.2) is 41.6 Å². The molecule has 116 valence electrons. The molecule has 2 N–H and O–H groups in total. The molecule has 1 aromatic carbocycles. The van der Waals surface area contributed by atoms with Gasteiger partial charge in [0.15, 0.2) is 0 Å². The summed E-state index contributed by atoms with van der Waals surface area (Å²) in [6.07, 6.45) is 2.48. The van der Waals surface area contributed by atoms with Gasteiger partial charge in [-0.2, -0.15) is 4.31 Å². The predicted molar refractivity (Wildman–Crippen MR) is 78.3 cm³/mol. The van der Waals surface area contributed by atoms with Crippen LogP contribution in [0.3, 0.4) is 0 Å². The predicted octanol–water partition coefficient (Wildman–Crippen LogP) is 1.56. The van der Waals surface area contributed by atoms with Crippen LogP contribution in [0.1, 0.15) is 26.2 Å². The molecule has 3 rings (SSSR count). The Morgan fingerprint density at radius 3 is 2.33 bits per heavy atom. The van der Waals surface area contributed by atoms with Crippen molar-refractivity contribution in [3.63, 3.8) is 0 Å². The average Bonchev–Trinajstić information content (AvgIpc) is 2.67. The van der Waals surface area contributed by atoms with Crippen LogP contribution in [0.2, 0.25) is 0 Å². The minimum Gasteiger partial charge on any atom is -0.508 e. The summed E-state index contributed by atoms with van der Waals surface area (Å²) in [5, 5.41) is 19.7. The fourth-order valence-electron chi connectivity index (χ4n) is 3.33. The molecule has 1 saturated heterocycles. The topological polar surface area (TPSA) is 77.8 Å². The van der Waals surface area contributed by atoms with Crippen molar-refractivity contribution in [2.24, 2.45) is 11.8 Å². The lowest BCUT2D eigenvalue weighted by atomic mass is 9.77. The third kappa shape index (κ3) is 2.45. The number of aliphatic hydroxyl groups excluding tert-OH is 1. The van der Waals surface area contributed by atoms with Gasteiger partial charge in [0.1, 0.15) is 5.75 Å². The minimum absolute atomic E-state index is 0.0410. The molecule has 0 amide bonds. The normalized spacial score (nSPS) is 31.2. The van der Waals surface area contributed by atoms with Crippen LogP contribution < -0.4 is 0 Å². The number of aliphatic hydroxyl groups is 1. The molecule has 0 radical (unpaired) electrons. The molecule has 2 fully saturated rings. The van der Waals surface area contributed by atoms with E-state index < -0.39 is 16.1 Å². The number of phenolic OH excluding ortho intramolecular Hbond substituents is 1. The smallest absolute Gasteiger partial charge is 0.243 e. The molecule has 1 aliphatic carbocycles. The van der Waals surface area contributed by atoms with E-state index in [0.717, 1.165) is 19.3 Å². The lowest BCUT2D eigenvalue weighted by molar-refractivity contribution is 0.0602. The molecule has 0 spiro atoms. The Bertz CT molecular complexity index is 609. The molecule has 5 nitrogen and oxygen atoms in total. The summed E-state index contributed by atoms with van der Waals surface area (Å²) in [4.78, 5) is 0.172. The van der Waals surface area contributed by atoms with E-state index in [1.807, 2.05) is 6.92 Å². The fraction of sp³-hybridized carbons (Fsp3) is 0.600. The molecule has 0 bridgehead atoms. The van der Waals surface area contributed by atoms with E-state index in [4.69, 9.17) is 0 Å². The van der Waals surface area contributed by atoms with Gasteiger partial charge >= 0.3 is 0 Å². The first kappa shape index (κ1) is 14.8. The number of nitrogens with zero attached hydrogens (tertiary/aromatic N) is 1. The molecule has 1 heterocycles. The standard InChI is InChI=1S/C15H21NO4S/c1-10-9-16(14(15(10)18)11-3-2-4-11)21(19,20)13-7-5-12(17)6-8-13/h5-8,10-11,14-15,17-18H,2-4,9H2,1H3/t10-,14?,15+/m0/s1. The molecule has 1 aliphatic heterocycles. The van der Waals surface area contributed by atoms with Crippen molar-refractivity contribution >= 4 is 10.0 Å². The van der Waals surface area contributed by atoms with Gasteiger partial charge < -0.3 is 10.2 Å². The average molecular weight is 311 g/mol. The van der Waals surface area contributed by atoms with E-state index in [0.29, 0.717) is 6.54 Å². The first-order valence-corrected chi connectivity index (χ1v) is 8.84. The molecule has 6 heteroatoms. The number of aromatic hydroxyl groups is 1. The number of hydrogen-bond acceptors (Lipinski definition) is 4. The van der Waals surface area contributed by atoms with E-state index in [1.165, 1.54) is 28.6 Å². The number of benzene rings is 1. The van der Waals surface area contributed by atoms with Crippen LogP contribution in [0.15, 0.2) is 29.2 Å². The van der Waals surface area contributed by atoms with Crippen molar-refractivity contribution < 1.29 is 18.6 Å². The van der Waals surface area contributed by atoms with E-state index >= 15 is 0 Å². The highest BCUT2D eigenvalue weighted by Gasteiger charge is 2.49. The van der Waals surface area contributed by atoms with Gasteiger partial charge in [0.25, 0.3) is 0 Å². The molecular formula is C15H21NO4S. The highest BCUT2D eigenvalue weighted by Crippen LogP contribution is 2.41. The highest BCUT2D eigenvalue weighted by molar-refractivity contribution is 7.89. The van der Waals surface area contributed by atoms with Gasteiger partial charge in [0.2, 0.25) is 10.0 Å². The van der Waals surface area contributed by atoms with E-state index in [2.05, 4.69) is 0 Å². The summed E-state index contributed by atoms with van der Waals surface area (Å²) in [6, 6.07) is 5.27. The van der Waals surface area contributed by atoms with Gasteiger partial charge in [-0.3, -0.25) is 0 Å². The molecule has 2 aliphatic rings. The first-order chi connectivity index (χ1) is 9.91. The summed E-state index contributed by atoms with van der Waals surface area (Å²) in [7, 11) is -3.63. The van der Waals surface area contributed by atoms with Crippen molar-refractivity contribution in [1.29, 1.82) is 0 Å². The molecule has 1 aromatic rings. The van der Waals surface area contributed by atoms with Crippen LogP contribution >= 0.6 is 0 Å². The number of phenols is 1. The SMILES string of the molecule is C[C@H]1CN(S(=O)(=O)c2ccc(O)cc2)C(C2CCC2)[C@@H]1O. The largest absolute Gasteiger partial charge is 0.508 e. The monoisotopic (exact) mass is 311 g/mol. The second kappa shape index (κ2) is 5.26. The Balaban J connectivity index is 1.94. The Morgan fingerprint density at radius 2 is 1.81 bits per heavy atom. The number of hydrogen-bond donors (Lipinski definition) is 2. The zero-order chi connectivity index (χ0) is 15.2. The highest BCUT2D eigenvalue weighted by atomic mass is 32.2. The molecule has 1 saturated carbocycles. The van der Waals surface area contributed by atoms with E-state index in [9.17, 15) is 18.6 Å². The van der Waals surface area contributed by atoms with Crippen molar-refractivity contribution in [2.75, 3.05) is 6.54 Å².